The average Bonchev–Trinajstić information content (AvgIpc) is 2.53. The highest BCUT2D eigenvalue weighted by molar-refractivity contribution is 5.83. The van der Waals surface area contributed by atoms with Crippen molar-refractivity contribution in [3.63, 3.8) is 0 Å². The van der Waals surface area contributed by atoms with Gasteiger partial charge in [-0.15, -0.1) is 0 Å². The number of urea groups is 1. The summed E-state index contributed by atoms with van der Waals surface area (Å²) in [6.45, 7) is 3.53. The summed E-state index contributed by atoms with van der Waals surface area (Å²) in [6, 6.07) is 7.50. The molecular formula is C16H22N2O3. The normalized spacial score (nSPS) is 19.9. The first-order valence-electron chi connectivity index (χ1n) is 7.45. The second-order valence-corrected chi connectivity index (χ2v) is 5.49. The van der Waals surface area contributed by atoms with Gasteiger partial charge in [0.15, 0.2) is 6.04 Å². The predicted octanol–water partition coefficient (Wildman–Crippen LogP) is 2.64. The molecule has 1 heterocycles. The van der Waals surface area contributed by atoms with Crippen LogP contribution >= 0.6 is 0 Å². The van der Waals surface area contributed by atoms with E-state index in [4.69, 9.17) is 0 Å². The van der Waals surface area contributed by atoms with Crippen LogP contribution in [0.4, 0.5) is 4.79 Å². The molecule has 1 fully saturated rings. The molecular weight excluding hydrogens is 268 g/mol. The number of hydrogen-bond donors (Lipinski definition) is 2. The number of hydrogen-bond acceptors (Lipinski definition) is 2. The van der Waals surface area contributed by atoms with E-state index >= 15 is 0 Å². The highest BCUT2D eigenvalue weighted by Gasteiger charge is 2.27. The molecule has 2 amide bonds. The fourth-order valence-corrected chi connectivity index (χ4v) is 2.73. The lowest BCUT2D eigenvalue weighted by molar-refractivity contribution is -0.139. The number of nitrogens with zero attached hydrogens (tertiary/aromatic N) is 1. The van der Waals surface area contributed by atoms with Crippen molar-refractivity contribution >= 4 is 12.0 Å². The van der Waals surface area contributed by atoms with Crippen molar-refractivity contribution < 1.29 is 14.7 Å². The summed E-state index contributed by atoms with van der Waals surface area (Å²) < 4.78 is 0. The van der Waals surface area contributed by atoms with E-state index in [-0.39, 0.29) is 6.03 Å². The molecule has 114 valence electrons. The molecule has 1 aromatic carbocycles. The van der Waals surface area contributed by atoms with Gasteiger partial charge >= 0.3 is 12.0 Å². The smallest absolute Gasteiger partial charge is 0.330 e. The summed E-state index contributed by atoms with van der Waals surface area (Å²) in [6.07, 6.45) is 3.17. The summed E-state index contributed by atoms with van der Waals surface area (Å²) in [5.41, 5.74) is 0.586. The average molecular weight is 290 g/mol. The van der Waals surface area contributed by atoms with E-state index in [0.29, 0.717) is 24.6 Å². The molecule has 0 saturated carbocycles. The minimum atomic E-state index is -1.04. The second-order valence-electron chi connectivity index (χ2n) is 5.49. The van der Waals surface area contributed by atoms with Crippen LogP contribution < -0.4 is 5.32 Å². The van der Waals surface area contributed by atoms with Gasteiger partial charge in [0, 0.05) is 13.1 Å². The Morgan fingerprint density at radius 3 is 2.71 bits per heavy atom. The molecule has 1 aliphatic rings. The van der Waals surface area contributed by atoms with E-state index in [0.717, 1.165) is 19.3 Å². The number of benzene rings is 1. The van der Waals surface area contributed by atoms with E-state index in [1.54, 1.807) is 29.2 Å². The van der Waals surface area contributed by atoms with Gasteiger partial charge in [0.2, 0.25) is 0 Å². The predicted molar refractivity (Wildman–Crippen MR) is 79.9 cm³/mol. The van der Waals surface area contributed by atoms with Gasteiger partial charge in [-0.05, 0) is 24.3 Å². The number of carbonyl (C=O) groups excluding carboxylic acids is 1. The molecule has 5 heteroatoms. The van der Waals surface area contributed by atoms with E-state index < -0.39 is 12.0 Å². The topological polar surface area (TPSA) is 69.6 Å². The molecule has 1 unspecified atom stereocenters. The van der Waals surface area contributed by atoms with Crippen molar-refractivity contribution in [1.82, 2.24) is 10.2 Å². The van der Waals surface area contributed by atoms with Crippen molar-refractivity contribution in [3.05, 3.63) is 35.9 Å². The Labute approximate surface area is 125 Å². The van der Waals surface area contributed by atoms with Crippen LogP contribution in [0.1, 0.15) is 37.8 Å². The van der Waals surface area contributed by atoms with Gasteiger partial charge in [-0.25, -0.2) is 9.59 Å². The molecule has 1 aromatic rings. The van der Waals surface area contributed by atoms with E-state index in [1.165, 1.54) is 0 Å². The largest absolute Gasteiger partial charge is 0.479 e. The van der Waals surface area contributed by atoms with Crippen LogP contribution in [0.25, 0.3) is 0 Å². The summed E-state index contributed by atoms with van der Waals surface area (Å²) in [5.74, 6) is -0.525. The molecule has 1 aliphatic heterocycles. The summed E-state index contributed by atoms with van der Waals surface area (Å²) >= 11 is 0. The van der Waals surface area contributed by atoms with Crippen LogP contribution in [-0.2, 0) is 4.79 Å². The van der Waals surface area contributed by atoms with Gasteiger partial charge in [0.1, 0.15) is 0 Å². The third-order valence-electron chi connectivity index (χ3n) is 4.03. The molecule has 21 heavy (non-hydrogen) atoms. The van der Waals surface area contributed by atoms with Crippen molar-refractivity contribution in [1.29, 1.82) is 0 Å². The number of carboxylic acid groups (broad SMARTS) is 1. The first kappa shape index (κ1) is 15.4. The van der Waals surface area contributed by atoms with Crippen molar-refractivity contribution in [2.24, 2.45) is 5.92 Å². The standard InChI is InChI=1S/C16H22N2O3/c1-2-12-7-6-10-18(11-12)16(21)17-14(15(19)20)13-8-4-3-5-9-13/h3-5,8-9,12,14H,2,6-7,10-11H2,1H3,(H,17,21)(H,19,20)/t12?,14-/m1/s1. The van der Waals surface area contributed by atoms with E-state index in [1.807, 2.05) is 6.07 Å². The van der Waals surface area contributed by atoms with Gasteiger partial charge < -0.3 is 15.3 Å². The van der Waals surface area contributed by atoms with Gasteiger partial charge in [0.25, 0.3) is 0 Å². The maximum absolute atomic E-state index is 12.3. The zero-order valence-corrected chi connectivity index (χ0v) is 12.3. The van der Waals surface area contributed by atoms with Crippen LogP contribution in [-0.4, -0.2) is 35.1 Å². The Morgan fingerprint density at radius 2 is 2.10 bits per heavy atom. The number of carboxylic acids is 1. The molecule has 2 atom stereocenters. The van der Waals surface area contributed by atoms with Crippen molar-refractivity contribution in [2.45, 2.75) is 32.2 Å². The summed E-state index contributed by atoms with van der Waals surface area (Å²) in [5, 5.41) is 12.0. The molecule has 0 spiro atoms. The van der Waals surface area contributed by atoms with Crippen LogP contribution in [0, 0.1) is 5.92 Å². The fraction of sp³-hybridized carbons (Fsp3) is 0.500. The van der Waals surface area contributed by atoms with Crippen LogP contribution in [0.3, 0.4) is 0 Å². The first-order chi connectivity index (χ1) is 10.1. The minimum Gasteiger partial charge on any atom is -0.479 e. The monoisotopic (exact) mass is 290 g/mol. The summed E-state index contributed by atoms with van der Waals surface area (Å²) in [7, 11) is 0. The lowest BCUT2D eigenvalue weighted by atomic mass is 9.96. The van der Waals surface area contributed by atoms with Gasteiger partial charge in [-0.2, -0.15) is 0 Å². The number of rotatable bonds is 4. The van der Waals surface area contributed by atoms with E-state index in [9.17, 15) is 14.7 Å². The van der Waals surface area contributed by atoms with Gasteiger partial charge in [-0.1, -0.05) is 43.7 Å². The van der Waals surface area contributed by atoms with Crippen molar-refractivity contribution in [2.75, 3.05) is 13.1 Å². The number of nitrogens with one attached hydrogen (secondary N) is 1. The van der Waals surface area contributed by atoms with E-state index in [2.05, 4.69) is 12.2 Å². The zero-order valence-electron chi connectivity index (χ0n) is 12.3. The SMILES string of the molecule is CCC1CCCN(C(=O)N[C@@H](C(=O)O)c2ccccc2)C1. The molecule has 0 aromatic heterocycles. The lowest BCUT2D eigenvalue weighted by Gasteiger charge is -2.33. The Bertz CT molecular complexity index is 490. The van der Waals surface area contributed by atoms with Crippen LogP contribution in [0.15, 0.2) is 30.3 Å². The molecule has 0 bridgehead atoms. The maximum Gasteiger partial charge on any atom is 0.330 e. The Morgan fingerprint density at radius 1 is 1.38 bits per heavy atom. The third-order valence-corrected chi connectivity index (χ3v) is 4.03. The first-order valence-corrected chi connectivity index (χ1v) is 7.45. The number of amides is 2. The number of aliphatic carboxylic acids is 1. The maximum atomic E-state index is 12.3. The molecule has 1 saturated heterocycles. The lowest BCUT2D eigenvalue weighted by Crippen LogP contribution is -2.47. The van der Waals surface area contributed by atoms with Gasteiger partial charge in [0.05, 0.1) is 0 Å². The molecule has 5 nitrogen and oxygen atoms in total. The fourth-order valence-electron chi connectivity index (χ4n) is 2.73. The number of carbonyl (C=O) groups is 2. The molecule has 0 aliphatic carbocycles. The van der Waals surface area contributed by atoms with Crippen molar-refractivity contribution in [3.8, 4) is 0 Å². The zero-order chi connectivity index (χ0) is 15.2. The summed E-state index contributed by atoms with van der Waals surface area (Å²) in [4.78, 5) is 25.4. The van der Waals surface area contributed by atoms with Gasteiger partial charge in [-0.3, -0.25) is 0 Å². The third kappa shape index (κ3) is 3.97. The molecule has 0 radical (unpaired) electrons. The quantitative estimate of drug-likeness (QED) is 0.895. The minimum absolute atomic E-state index is 0.288. The Balaban J connectivity index is 2.03. The molecule has 2 N–H and O–H groups in total. The molecule has 2 rings (SSSR count). The Hall–Kier alpha value is -2.04. The number of piperidine rings is 1. The highest BCUT2D eigenvalue weighted by Crippen LogP contribution is 2.20. The second kappa shape index (κ2) is 7.11. The van der Waals surface area contributed by atoms with Crippen LogP contribution in [0.5, 0.6) is 0 Å². The highest BCUT2D eigenvalue weighted by atomic mass is 16.4. The number of likely N-dealkylation sites (tertiary alicyclic amines) is 1. The van der Waals surface area contributed by atoms with Crippen LogP contribution in [0.2, 0.25) is 0 Å². The Kier molecular flexibility index (Phi) is 5.20.